The van der Waals surface area contributed by atoms with Gasteiger partial charge in [0.25, 0.3) is 0 Å². The zero-order valence-corrected chi connectivity index (χ0v) is 9.88. The van der Waals surface area contributed by atoms with E-state index in [2.05, 4.69) is 18.0 Å². The van der Waals surface area contributed by atoms with Crippen molar-refractivity contribution in [1.82, 2.24) is 4.98 Å². The normalized spacial score (nSPS) is 10.7. The molecule has 18 heavy (non-hydrogen) atoms. The first-order valence-corrected chi connectivity index (χ1v) is 5.68. The van der Waals surface area contributed by atoms with Gasteiger partial charge in [0.15, 0.2) is 12.0 Å². The van der Waals surface area contributed by atoms with Crippen LogP contribution in [0.5, 0.6) is 0 Å². The Labute approximate surface area is 104 Å². The molecule has 0 aliphatic heterocycles. The molecule has 0 spiro atoms. The SMILES string of the molecule is Cc1ccc2nc(-c3coc(C=O)c3)ccc2c1. The summed E-state index contributed by atoms with van der Waals surface area (Å²) in [5, 5.41) is 1.11. The lowest BCUT2D eigenvalue weighted by Crippen LogP contribution is -1.84. The average molecular weight is 237 g/mol. The Morgan fingerprint density at radius 1 is 1.17 bits per heavy atom. The maximum atomic E-state index is 10.6. The third-order valence-electron chi connectivity index (χ3n) is 2.88. The number of rotatable bonds is 2. The summed E-state index contributed by atoms with van der Waals surface area (Å²) in [5.41, 5.74) is 3.78. The number of aromatic nitrogens is 1. The van der Waals surface area contributed by atoms with E-state index in [0.717, 1.165) is 22.2 Å². The van der Waals surface area contributed by atoms with E-state index in [0.29, 0.717) is 12.0 Å². The van der Waals surface area contributed by atoms with E-state index in [9.17, 15) is 4.79 Å². The third kappa shape index (κ3) is 1.80. The molecule has 0 atom stereocenters. The summed E-state index contributed by atoms with van der Waals surface area (Å²) < 4.78 is 5.09. The van der Waals surface area contributed by atoms with Crippen LogP contribution in [0.15, 0.2) is 47.1 Å². The van der Waals surface area contributed by atoms with Crippen molar-refractivity contribution >= 4 is 17.2 Å². The summed E-state index contributed by atoms with van der Waals surface area (Å²) >= 11 is 0. The zero-order chi connectivity index (χ0) is 12.5. The standard InChI is InChI=1S/C15H11NO2/c1-10-2-4-14-11(6-10)3-5-15(16-14)12-7-13(8-17)18-9-12/h2-9H,1H3. The molecule has 88 valence electrons. The molecule has 0 N–H and O–H groups in total. The molecule has 0 fully saturated rings. The minimum absolute atomic E-state index is 0.316. The van der Waals surface area contributed by atoms with E-state index < -0.39 is 0 Å². The smallest absolute Gasteiger partial charge is 0.185 e. The van der Waals surface area contributed by atoms with E-state index in [4.69, 9.17) is 4.42 Å². The van der Waals surface area contributed by atoms with Gasteiger partial charge in [-0.3, -0.25) is 4.79 Å². The Morgan fingerprint density at radius 3 is 2.83 bits per heavy atom. The van der Waals surface area contributed by atoms with Gasteiger partial charge in [-0.05, 0) is 31.2 Å². The molecule has 3 aromatic rings. The second kappa shape index (κ2) is 4.11. The zero-order valence-electron chi connectivity index (χ0n) is 9.88. The van der Waals surface area contributed by atoms with Crippen LogP contribution in [-0.2, 0) is 0 Å². The summed E-state index contributed by atoms with van der Waals surface area (Å²) in [5.74, 6) is 0.316. The molecule has 0 aliphatic carbocycles. The van der Waals surface area contributed by atoms with E-state index >= 15 is 0 Å². The van der Waals surface area contributed by atoms with Crippen molar-refractivity contribution in [1.29, 1.82) is 0 Å². The fourth-order valence-corrected chi connectivity index (χ4v) is 1.95. The van der Waals surface area contributed by atoms with Gasteiger partial charge in [0.2, 0.25) is 0 Å². The number of nitrogens with zero attached hydrogens (tertiary/aromatic N) is 1. The van der Waals surface area contributed by atoms with E-state index in [1.54, 1.807) is 12.3 Å². The highest BCUT2D eigenvalue weighted by Crippen LogP contribution is 2.23. The predicted octanol–water partition coefficient (Wildman–Crippen LogP) is 3.62. The highest BCUT2D eigenvalue weighted by Gasteiger charge is 2.05. The van der Waals surface area contributed by atoms with Crippen LogP contribution in [0, 0.1) is 6.92 Å². The first-order valence-electron chi connectivity index (χ1n) is 5.68. The van der Waals surface area contributed by atoms with Crippen molar-refractivity contribution in [3.63, 3.8) is 0 Å². The Hall–Kier alpha value is -2.42. The van der Waals surface area contributed by atoms with Crippen molar-refractivity contribution in [2.75, 3.05) is 0 Å². The number of pyridine rings is 1. The van der Waals surface area contributed by atoms with Crippen LogP contribution in [0.2, 0.25) is 0 Å². The minimum Gasteiger partial charge on any atom is -0.461 e. The van der Waals surface area contributed by atoms with Crippen molar-refractivity contribution in [2.24, 2.45) is 0 Å². The van der Waals surface area contributed by atoms with E-state index in [1.165, 1.54) is 5.56 Å². The summed E-state index contributed by atoms with van der Waals surface area (Å²) in [6.45, 7) is 2.06. The van der Waals surface area contributed by atoms with Gasteiger partial charge in [-0.15, -0.1) is 0 Å². The highest BCUT2D eigenvalue weighted by molar-refractivity contribution is 5.82. The van der Waals surface area contributed by atoms with Crippen LogP contribution in [0.3, 0.4) is 0 Å². The monoisotopic (exact) mass is 237 g/mol. The number of benzene rings is 1. The van der Waals surface area contributed by atoms with Crippen LogP contribution in [0.1, 0.15) is 16.1 Å². The van der Waals surface area contributed by atoms with Gasteiger partial charge in [-0.25, -0.2) is 4.98 Å². The highest BCUT2D eigenvalue weighted by atomic mass is 16.3. The number of fused-ring (bicyclic) bond motifs is 1. The first-order chi connectivity index (χ1) is 8.76. The number of aldehydes is 1. The first kappa shape index (κ1) is 10.7. The van der Waals surface area contributed by atoms with Crippen LogP contribution in [0.4, 0.5) is 0 Å². The van der Waals surface area contributed by atoms with Gasteiger partial charge in [0, 0.05) is 10.9 Å². The van der Waals surface area contributed by atoms with Gasteiger partial charge >= 0.3 is 0 Å². The molecule has 0 aliphatic rings. The Kier molecular flexibility index (Phi) is 2.45. The maximum absolute atomic E-state index is 10.6. The molecule has 0 saturated heterocycles. The summed E-state index contributed by atoms with van der Waals surface area (Å²) in [6.07, 6.45) is 2.24. The lowest BCUT2D eigenvalue weighted by molar-refractivity contribution is 0.110. The molecule has 0 radical (unpaired) electrons. The number of furan rings is 1. The molecule has 2 heterocycles. The Morgan fingerprint density at radius 2 is 2.06 bits per heavy atom. The van der Waals surface area contributed by atoms with Crippen LogP contribution in [-0.4, -0.2) is 11.3 Å². The number of aryl methyl sites for hydroxylation is 1. The lowest BCUT2D eigenvalue weighted by atomic mass is 10.1. The molecular weight excluding hydrogens is 226 g/mol. The second-order valence-corrected chi connectivity index (χ2v) is 4.25. The molecular formula is C15H11NO2. The summed E-state index contributed by atoms with van der Waals surface area (Å²) in [4.78, 5) is 15.1. The van der Waals surface area contributed by atoms with Crippen LogP contribution < -0.4 is 0 Å². The van der Waals surface area contributed by atoms with Gasteiger partial charge in [-0.2, -0.15) is 0 Å². The van der Waals surface area contributed by atoms with Gasteiger partial charge in [0.05, 0.1) is 11.2 Å². The summed E-state index contributed by atoms with van der Waals surface area (Å²) in [7, 11) is 0. The number of carbonyl (C=O) groups is 1. The largest absolute Gasteiger partial charge is 0.461 e. The second-order valence-electron chi connectivity index (χ2n) is 4.25. The topological polar surface area (TPSA) is 43.1 Å². The van der Waals surface area contributed by atoms with Gasteiger partial charge < -0.3 is 4.42 Å². The summed E-state index contributed by atoms with van der Waals surface area (Å²) in [6, 6.07) is 11.8. The average Bonchev–Trinajstić information content (AvgIpc) is 2.87. The van der Waals surface area contributed by atoms with Crippen LogP contribution in [0.25, 0.3) is 22.2 Å². The van der Waals surface area contributed by atoms with E-state index in [1.807, 2.05) is 24.3 Å². The quantitative estimate of drug-likeness (QED) is 0.639. The minimum atomic E-state index is 0.316. The molecule has 0 unspecified atom stereocenters. The molecule has 3 heteroatoms. The molecule has 0 saturated carbocycles. The Bertz CT molecular complexity index is 728. The van der Waals surface area contributed by atoms with Gasteiger partial charge in [0.1, 0.15) is 6.26 Å². The molecule has 2 aromatic heterocycles. The number of carbonyl (C=O) groups excluding carboxylic acids is 1. The molecule has 1 aromatic carbocycles. The van der Waals surface area contributed by atoms with E-state index in [-0.39, 0.29) is 0 Å². The third-order valence-corrected chi connectivity index (χ3v) is 2.88. The maximum Gasteiger partial charge on any atom is 0.185 e. The van der Waals surface area contributed by atoms with Crippen molar-refractivity contribution in [3.8, 4) is 11.3 Å². The lowest BCUT2D eigenvalue weighted by Gasteiger charge is -2.01. The molecule has 0 bridgehead atoms. The Balaban J connectivity index is 2.12. The molecule has 3 nitrogen and oxygen atoms in total. The van der Waals surface area contributed by atoms with Crippen molar-refractivity contribution in [3.05, 3.63) is 54.0 Å². The molecule has 0 amide bonds. The fraction of sp³-hybridized carbons (Fsp3) is 0.0667. The van der Waals surface area contributed by atoms with Crippen molar-refractivity contribution in [2.45, 2.75) is 6.92 Å². The molecule has 3 rings (SSSR count). The van der Waals surface area contributed by atoms with Crippen molar-refractivity contribution < 1.29 is 9.21 Å². The van der Waals surface area contributed by atoms with Crippen LogP contribution >= 0.6 is 0 Å². The fourth-order valence-electron chi connectivity index (χ4n) is 1.95. The number of hydrogen-bond acceptors (Lipinski definition) is 3. The predicted molar refractivity (Wildman–Crippen MR) is 69.6 cm³/mol. The van der Waals surface area contributed by atoms with Gasteiger partial charge in [-0.1, -0.05) is 17.7 Å². The number of hydrogen-bond donors (Lipinski definition) is 0.